The highest BCUT2D eigenvalue weighted by Gasteiger charge is 2.55. The summed E-state index contributed by atoms with van der Waals surface area (Å²) in [5.41, 5.74) is 6.44. The molecule has 2 aliphatic carbocycles. The van der Waals surface area contributed by atoms with Crippen LogP contribution in [-0.4, -0.2) is 25.5 Å². The van der Waals surface area contributed by atoms with Gasteiger partial charge in [-0.15, -0.1) is 0 Å². The van der Waals surface area contributed by atoms with Crippen molar-refractivity contribution in [1.82, 2.24) is 0 Å². The molecule has 3 nitrogen and oxygen atoms in total. The molecule has 0 radical (unpaired) electrons. The summed E-state index contributed by atoms with van der Waals surface area (Å²) in [5.74, 6) is 2.97. The van der Waals surface area contributed by atoms with Crippen LogP contribution in [0.15, 0.2) is 0 Å². The molecule has 0 aromatic rings. The Morgan fingerprint density at radius 3 is 2.13 bits per heavy atom. The van der Waals surface area contributed by atoms with E-state index in [0.717, 1.165) is 37.5 Å². The zero-order valence-electron chi connectivity index (χ0n) is 8.98. The molecule has 0 aromatic carbocycles. The molecule has 3 aliphatic rings. The van der Waals surface area contributed by atoms with Gasteiger partial charge in [-0.3, -0.25) is 0 Å². The van der Waals surface area contributed by atoms with Crippen molar-refractivity contribution in [3.63, 3.8) is 0 Å². The molecule has 4 heteroatoms. The van der Waals surface area contributed by atoms with E-state index < -0.39 is 9.84 Å². The summed E-state index contributed by atoms with van der Waals surface area (Å²) in [6, 6.07) is 0. The summed E-state index contributed by atoms with van der Waals surface area (Å²) in [6.07, 6.45) is 5.30. The first-order valence-corrected chi connectivity index (χ1v) is 7.80. The minimum absolute atomic E-state index is 0.0104. The van der Waals surface area contributed by atoms with Gasteiger partial charge in [0.25, 0.3) is 0 Å². The third kappa shape index (κ3) is 1.72. The number of sulfone groups is 1. The van der Waals surface area contributed by atoms with Crippen molar-refractivity contribution in [2.75, 3.05) is 11.5 Å². The fraction of sp³-hybridized carbons (Fsp3) is 1.00. The summed E-state index contributed by atoms with van der Waals surface area (Å²) in [4.78, 5) is 0. The normalized spacial score (nSPS) is 48.9. The van der Waals surface area contributed by atoms with Crippen molar-refractivity contribution in [3.8, 4) is 0 Å². The number of hydrogen-bond donors (Lipinski definition) is 1. The number of fused-ring (bicyclic) bond motifs is 1. The molecule has 86 valence electrons. The predicted octanol–water partition coefficient (Wildman–Crippen LogP) is 0.939. The Kier molecular flexibility index (Phi) is 2.00. The van der Waals surface area contributed by atoms with Gasteiger partial charge in [0.15, 0.2) is 0 Å². The topological polar surface area (TPSA) is 60.2 Å². The Bertz CT molecular complexity index is 352. The van der Waals surface area contributed by atoms with Gasteiger partial charge in [-0.25, -0.2) is 8.42 Å². The van der Waals surface area contributed by atoms with Crippen molar-refractivity contribution in [3.05, 3.63) is 0 Å². The maximum atomic E-state index is 11.3. The van der Waals surface area contributed by atoms with Crippen LogP contribution in [0.25, 0.3) is 0 Å². The Balaban J connectivity index is 1.69. The van der Waals surface area contributed by atoms with Gasteiger partial charge in [-0.1, -0.05) is 0 Å². The number of hydrogen-bond acceptors (Lipinski definition) is 3. The largest absolute Gasteiger partial charge is 0.325 e. The Labute approximate surface area is 91.3 Å². The van der Waals surface area contributed by atoms with Crippen LogP contribution < -0.4 is 5.73 Å². The second kappa shape index (κ2) is 2.98. The zero-order chi connectivity index (χ0) is 10.7. The zero-order valence-corrected chi connectivity index (χ0v) is 9.80. The summed E-state index contributed by atoms with van der Waals surface area (Å²) >= 11 is 0. The molecule has 1 aliphatic heterocycles. The Morgan fingerprint density at radius 1 is 1.07 bits per heavy atom. The maximum Gasteiger partial charge on any atom is 0.150 e. The predicted molar refractivity (Wildman–Crippen MR) is 59.1 cm³/mol. The van der Waals surface area contributed by atoms with Gasteiger partial charge in [0, 0.05) is 5.54 Å². The van der Waals surface area contributed by atoms with Gasteiger partial charge in [0.1, 0.15) is 9.84 Å². The fourth-order valence-electron chi connectivity index (χ4n) is 3.67. The fourth-order valence-corrected chi connectivity index (χ4v) is 5.16. The molecule has 1 saturated heterocycles. The average Bonchev–Trinajstić information content (AvgIpc) is 2.74. The minimum atomic E-state index is -2.73. The van der Waals surface area contributed by atoms with Crippen LogP contribution in [0.3, 0.4) is 0 Å². The van der Waals surface area contributed by atoms with Gasteiger partial charge in [-0.2, -0.15) is 0 Å². The van der Waals surface area contributed by atoms with E-state index in [1.54, 1.807) is 0 Å². The molecule has 2 saturated carbocycles. The molecule has 3 fully saturated rings. The lowest BCUT2D eigenvalue weighted by atomic mass is 9.77. The maximum absolute atomic E-state index is 11.3. The molecular weight excluding hydrogens is 210 g/mol. The number of nitrogens with two attached hydrogens (primary N) is 1. The third-order valence-corrected chi connectivity index (χ3v) is 6.44. The summed E-state index contributed by atoms with van der Waals surface area (Å²) in [7, 11) is -2.73. The highest BCUT2D eigenvalue weighted by atomic mass is 32.2. The Hall–Kier alpha value is -0.0900. The lowest BCUT2D eigenvalue weighted by Gasteiger charge is -2.37. The van der Waals surface area contributed by atoms with E-state index in [0.29, 0.717) is 17.4 Å². The highest BCUT2D eigenvalue weighted by Crippen LogP contribution is 2.58. The molecular formula is C11H19NO2S. The quantitative estimate of drug-likeness (QED) is 0.728. The van der Waals surface area contributed by atoms with Crippen LogP contribution in [-0.2, 0) is 9.84 Å². The van der Waals surface area contributed by atoms with Gasteiger partial charge < -0.3 is 5.73 Å². The SMILES string of the molecule is NC1(C2CCS(=O)(=O)CC2)CC2CC2C1. The van der Waals surface area contributed by atoms with E-state index in [9.17, 15) is 8.42 Å². The van der Waals surface area contributed by atoms with Crippen molar-refractivity contribution in [2.45, 2.75) is 37.6 Å². The summed E-state index contributed by atoms with van der Waals surface area (Å²) in [5, 5.41) is 0. The van der Waals surface area contributed by atoms with Crippen LogP contribution in [0, 0.1) is 17.8 Å². The monoisotopic (exact) mass is 229 g/mol. The standard InChI is InChI=1S/C11H19NO2S/c12-11(6-8-5-9(8)7-11)10-1-3-15(13,14)4-2-10/h8-10H,1-7,12H2. The molecule has 0 spiro atoms. The summed E-state index contributed by atoms with van der Waals surface area (Å²) < 4.78 is 22.7. The van der Waals surface area contributed by atoms with E-state index in [2.05, 4.69) is 0 Å². The van der Waals surface area contributed by atoms with E-state index in [-0.39, 0.29) is 5.54 Å². The average molecular weight is 229 g/mol. The Morgan fingerprint density at radius 2 is 1.60 bits per heavy atom. The lowest BCUT2D eigenvalue weighted by molar-refractivity contribution is 0.235. The van der Waals surface area contributed by atoms with Gasteiger partial charge >= 0.3 is 0 Å². The van der Waals surface area contributed by atoms with Crippen LogP contribution >= 0.6 is 0 Å². The van der Waals surface area contributed by atoms with Crippen molar-refractivity contribution in [2.24, 2.45) is 23.5 Å². The molecule has 0 bridgehead atoms. The molecule has 0 aromatic heterocycles. The van der Waals surface area contributed by atoms with Crippen LogP contribution in [0.4, 0.5) is 0 Å². The van der Waals surface area contributed by atoms with Gasteiger partial charge in [0.05, 0.1) is 11.5 Å². The van der Waals surface area contributed by atoms with Crippen molar-refractivity contribution < 1.29 is 8.42 Å². The van der Waals surface area contributed by atoms with Crippen molar-refractivity contribution >= 4 is 9.84 Å². The van der Waals surface area contributed by atoms with Gasteiger partial charge in [0.2, 0.25) is 0 Å². The molecule has 1 heterocycles. The first-order chi connectivity index (χ1) is 6.99. The number of rotatable bonds is 1. The van der Waals surface area contributed by atoms with E-state index >= 15 is 0 Å². The molecule has 15 heavy (non-hydrogen) atoms. The van der Waals surface area contributed by atoms with E-state index in [4.69, 9.17) is 5.73 Å². The van der Waals surface area contributed by atoms with E-state index in [1.165, 1.54) is 6.42 Å². The van der Waals surface area contributed by atoms with E-state index in [1.807, 2.05) is 0 Å². The smallest absolute Gasteiger partial charge is 0.150 e. The lowest BCUT2D eigenvalue weighted by Crippen LogP contribution is -2.48. The van der Waals surface area contributed by atoms with Crippen LogP contribution in [0.5, 0.6) is 0 Å². The first-order valence-electron chi connectivity index (χ1n) is 5.98. The first kappa shape index (κ1) is 10.1. The molecule has 2 N–H and O–H groups in total. The molecule has 0 amide bonds. The van der Waals surface area contributed by atoms with Gasteiger partial charge in [-0.05, 0) is 49.9 Å². The minimum Gasteiger partial charge on any atom is -0.325 e. The highest BCUT2D eigenvalue weighted by molar-refractivity contribution is 7.91. The third-order valence-electron chi connectivity index (χ3n) is 4.72. The molecule has 3 rings (SSSR count). The van der Waals surface area contributed by atoms with Crippen LogP contribution in [0.2, 0.25) is 0 Å². The van der Waals surface area contributed by atoms with Crippen molar-refractivity contribution in [1.29, 1.82) is 0 Å². The molecule has 2 unspecified atom stereocenters. The second-order valence-corrected chi connectivity index (χ2v) is 8.13. The summed E-state index contributed by atoms with van der Waals surface area (Å²) in [6.45, 7) is 0. The van der Waals surface area contributed by atoms with Crippen LogP contribution in [0.1, 0.15) is 32.1 Å². The second-order valence-electron chi connectivity index (χ2n) is 5.82. The molecule has 2 atom stereocenters.